The van der Waals surface area contributed by atoms with Gasteiger partial charge in [-0.05, 0) is 23.8 Å². The van der Waals surface area contributed by atoms with E-state index in [0.717, 1.165) is 5.56 Å². The minimum Gasteiger partial charge on any atom is -0.503 e. The van der Waals surface area contributed by atoms with Crippen LogP contribution >= 0.6 is 0 Å². The van der Waals surface area contributed by atoms with Crippen molar-refractivity contribution < 1.29 is 14.7 Å². The molecule has 1 N–H and O–H groups in total. The van der Waals surface area contributed by atoms with Crippen LogP contribution in [0, 0.1) is 5.41 Å². The summed E-state index contributed by atoms with van der Waals surface area (Å²) in [5, 5.41) is 10.5. The summed E-state index contributed by atoms with van der Waals surface area (Å²) in [6, 6.07) is 8.21. The zero-order chi connectivity index (χ0) is 18.9. The van der Waals surface area contributed by atoms with Gasteiger partial charge >= 0.3 is 0 Å². The first-order chi connectivity index (χ1) is 12.3. The van der Waals surface area contributed by atoms with E-state index < -0.39 is 23.1 Å². The molecule has 0 radical (unpaired) electrons. The maximum atomic E-state index is 13.0. The summed E-state index contributed by atoms with van der Waals surface area (Å²) in [4.78, 5) is 35.6. The highest BCUT2D eigenvalue weighted by atomic mass is 16.3. The molecule has 2 aromatic heterocycles. The lowest BCUT2D eigenvalue weighted by molar-refractivity contribution is -0.130. The molecule has 1 aliphatic rings. The lowest BCUT2D eigenvalue weighted by Gasteiger charge is -2.28. The SMILES string of the molecule is CC(C)(C)C(=O)C1=C(O)C(=O)N(Cc2cccnc2)C1c1ccccn1. The van der Waals surface area contributed by atoms with Gasteiger partial charge in [-0.1, -0.05) is 32.9 Å². The Hall–Kier alpha value is -3.02. The number of amides is 1. The summed E-state index contributed by atoms with van der Waals surface area (Å²) in [5.74, 6) is -1.34. The predicted molar refractivity (Wildman–Crippen MR) is 95.9 cm³/mol. The van der Waals surface area contributed by atoms with Crippen LogP contribution in [0.15, 0.2) is 60.3 Å². The number of aromatic nitrogens is 2. The summed E-state index contributed by atoms with van der Waals surface area (Å²) < 4.78 is 0. The molecule has 3 heterocycles. The molecular weight excluding hydrogens is 330 g/mol. The molecular formula is C20H21N3O3. The molecule has 1 unspecified atom stereocenters. The lowest BCUT2D eigenvalue weighted by atomic mass is 9.83. The molecule has 0 saturated heterocycles. The highest BCUT2D eigenvalue weighted by Gasteiger charge is 2.46. The second-order valence-electron chi connectivity index (χ2n) is 7.29. The molecule has 3 rings (SSSR count). The van der Waals surface area contributed by atoms with Crippen molar-refractivity contribution in [1.29, 1.82) is 0 Å². The molecule has 0 fully saturated rings. The van der Waals surface area contributed by atoms with E-state index in [4.69, 9.17) is 0 Å². The van der Waals surface area contributed by atoms with Crippen molar-refractivity contribution in [2.75, 3.05) is 0 Å². The molecule has 0 spiro atoms. The van der Waals surface area contributed by atoms with Crippen LogP contribution in [0.4, 0.5) is 0 Å². The van der Waals surface area contributed by atoms with Crippen molar-refractivity contribution in [2.45, 2.75) is 33.4 Å². The molecule has 1 amide bonds. The van der Waals surface area contributed by atoms with E-state index in [1.54, 1.807) is 63.6 Å². The second-order valence-corrected chi connectivity index (χ2v) is 7.29. The van der Waals surface area contributed by atoms with Crippen LogP contribution < -0.4 is 0 Å². The third-order valence-electron chi connectivity index (χ3n) is 4.27. The van der Waals surface area contributed by atoms with E-state index in [0.29, 0.717) is 5.69 Å². The van der Waals surface area contributed by atoms with Gasteiger partial charge < -0.3 is 10.0 Å². The van der Waals surface area contributed by atoms with Gasteiger partial charge in [-0.15, -0.1) is 0 Å². The Morgan fingerprint density at radius 2 is 1.96 bits per heavy atom. The summed E-state index contributed by atoms with van der Waals surface area (Å²) in [6.45, 7) is 5.51. The van der Waals surface area contributed by atoms with Crippen LogP contribution in [-0.2, 0) is 16.1 Å². The monoisotopic (exact) mass is 351 g/mol. The van der Waals surface area contributed by atoms with Gasteiger partial charge in [0.05, 0.1) is 11.3 Å². The van der Waals surface area contributed by atoms with Gasteiger partial charge in [0.1, 0.15) is 6.04 Å². The van der Waals surface area contributed by atoms with Crippen molar-refractivity contribution in [3.8, 4) is 0 Å². The molecule has 0 bridgehead atoms. The molecule has 1 atom stereocenters. The molecule has 6 heteroatoms. The third-order valence-corrected chi connectivity index (χ3v) is 4.27. The van der Waals surface area contributed by atoms with Crippen LogP contribution in [0.25, 0.3) is 0 Å². The van der Waals surface area contributed by atoms with Gasteiger partial charge in [-0.2, -0.15) is 0 Å². The number of carbonyl (C=O) groups excluding carboxylic acids is 2. The van der Waals surface area contributed by atoms with E-state index in [2.05, 4.69) is 9.97 Å². The van der Waals surface area contributed by atoms with E-state index in [1.807, 2.05) is 6.07 Å². The largest absolute Gasteiger partial charge is 0.503 e. The number of aliphatic hydroxyl groups is 1. The maximum absolute atomic E-state index is 13.0. The van der Waals surface area contributed by atoms with Crippen LogP contribution in [0.3, 0.4) is 0 Å². The van der Waals surface area contributed by atoms with E-state index in [9.17, 15) is 14.7 Å². The minimum absolute atomic E-state index is 0.102. The first-order valence-corrected chi connectivity index (χ1v) is 8.39. The van der Waals surface area contributed by atoms with Crippen molar-refractivity contribution >= 4 is 11.7 Å². The van der Waals surface area contributed by atoms with Gasteiger partial charge in [0.15, 0.2) is 11.5 Å². The predicted octanol–water partition coefficient (Wildman–Crippen LogP) is 2.99. The fourth-order valence-corrected chi connectivity index (χ4v) is 2.99. The lowest BCUT2D eigenvalue weighted by Crippen LogP contribution is -2.33. The van der Waals surface area contributed by atoms with Gasteiger partial charge in [0, 0.05) is 30.6 Å². The standard InChI is InChI=1S/C20H21N3O3/c1-20(2,3)18(25)15-16(14-8-4-5-10-22-14)23(19(26)17(15)24)12-13-7-6-9-21-11-13/h4-11,16,24H,12H2,1-3H3. The maximum Gasteiger partial charge on any atom is 0.290 e. The number of aliphatic hydroxyl groups excluding tert-OH is 1. The number of hydrogen-bond acceptors (Lipinski definition) is 5. The van der Waals surface area contributed by atoms with Gasteiger partial charge in [0.25, 0.3) is 5.91 Å². The zero-order valence-corrected chi connectivity index (χ0v) is 15.0. The number of rotatable bonds is 4. The smallest absolute Gasteiger partial charge is 0.290 e. The van der Waals surface area contributed by atoms with Crippen molar-refractivity contribution in [2.24, 2.45) is 5.41 Å². The Morgan fingerprint density at radius 3 is 2.54 bits per heavy atom. The van der Waals surface area contributed by atoms with Crippen LogP contribution in [0.1, 0.15) is 38.1 Å². The van der Waals surface area contributed by atoms with E-state index in [1.165, 1.54) is 4.90 Å². The molecule has 0 saturated carbocycles. The Kier molecular flexibility index (Phi) is 4.59. The number of ketones is 1. The fraction of sp³-hybridized carbons (Fsp3) is 0.300. The average Bonchev–Trinajstić information content (AvgIpc) is 2.87. The van der Waals surface area contributed by atoms with Gasteiger partial charge in [0.2, 0.25) is 0 Å². The minimum atomic E-state index is -0.735. The fourth-order valence-electron chi connectivity index (χ4n) is 2.99. The van der Waals surface area contributed by atoms with Crippen molar-refractivity contribution in [3.63, 3.8) is 0 Å². The Bertz CT molecular complexity index is 855. The van der Waals surface area contributed by atoms with E-state index >= 15 is 0 Å². The number of Topliss-reactive ketones (excluding diaryl/α,β-unsaturated/α-hetero) is 1. The number of carbonyl (C=O) groups is 2. The first-order valence-electron chi connectivity index (χ1n) is 8.39. The number of nitrogens with zero attached hydrogens (tertiary/aromatic N) is 3. The molecule has 0 aliphatic carbocycles. The highest BCUT2D eigenvalue weighted by molar-refractivity contribution is 6.10. The quantitative estimate of drug-likeness (QED) is 0.915. The van der Waals surface area contributed by atoms with Crippen LogP contribution in [0.2, 0.25) is 0 Å². The molecule has 134 valence electrons. The zero-order valence-electron chi connectivity index (χ0n) is 15.0. The Morgan fingerprint density at radius 1 is 1.19 bits per heavy atom. The number of hydrogen-bond donors (Lipinski definition) is 1. The van der Waals surface area contributed by atoms with E-state index in [-0.39, 0.29) is 17.9 Å². The molecule has 1 aliphatic heterocycles. The third kappa shape index (κ3) is 3.22. The molecule has 2 aromatic rings. The average molecular weight is 351 g/mol. The second kappa shape index (κ2) is 6.71. The van der Waals surface area contributed by atoms with Crippen LogP contribution in [-0.4, -0.2) is 31.7 Å². The van der Waals surface area contributed by atoms with Gasteiger partial charge in [-0.25, -0.2) is 0 Å². The normalized spacial score (nSPS) is 17.7. The summed E-state index contributed by atoms with van der Waals surface area (Å²) in [6.07, 6.45) is 4.91. The van der Waals surface area contributed by atoms with Gasteiger partial charge in [-0.3, -0.25) is 19.6 Å². The van der Waals surface area contributed by atoms with Crippen molar-refractivity contribution in [1.82, 2.24) is 14.9 Å². The summed E-state index contributed by atoms with van der Waals surface area (Å²) in [5.41, 5.74) is 0.714. The van der Waals surface area contributed by atoms with Crippen molar-refractivity contribution in [3.05, 3.63) is 71.5 Å². The molecule has 6 nitrogen and oxygen atoms in total. The molecule has 26 heavy (non-hydrogen) atoms. The summed E-state index contributed by atoms with van der Waals surface area (Å²) >= 11 is 0. The topological polar surface area (TPSA) is 83.4 Å². The Balaban J connectivity index is 2.08. The molecule has 0 aromatic carbocycles. The highest BCUT2D eigenvalue weighted by Crippen LogP contribution is 2.40. The number of pyridine rings is 2. The summed E-state index contributed by atoms with van der Waals surface area (Å²) in [7, 11) is 0. The van der Waals surface area contributed by atoms with Crippen LogP contribution in [0.5, 0.6) is 0 Å². The Labute approximate surface area is 152 Å². The first kappa shape index (κ1) is 17.8.